The molecular weight excluding hydrogens is 398 g/mol. The molecule has 0 saturated heterocycles. The third-order valence-electron chi connectivity index (χ3n) is 4.46. The summed E-state index contributed by atoms with van der Waals surface area (Å²) in [5, 5.41) is 11.6. The zero-order valence-corrected chi connectivity index (χ0v) is 18.5. The van der Waals surface area contributed by atoms with Crippen LogP contribution in [0.15, 0.2) is 53.7 Å². The van der Waals surface area contributed by atoms with Gasteiger partial charge in [0.15, 0.2) is 5.82 Å². The van der Waals surface area contributed by atoms with Gasteiger partial charge in [0.05, 0.1) is 12.4 Å². The molecule has 0 spiro atoms. The standard InChI is InChI=1S/C22H27N5O2S/c1-5-29-18-12-10-17(11-13-18)24-19(28)14-30-21-26-25-20(27(21)23)15-6-8-16(9-7-15)22(2,3)4/h6-13H,5,14,23H2,1-4H3,(H,24,28). The summed E-state index contributed by atoms with van der Waals surface area (Å²) >= 11 is 1.24. The number of thioether (sulfide) groups is 1. The Bertz CT molecular complexity index is 992. The smallest absolute Gasteiger partial charge is 0.234 e. The maximum absolute atomic E-state index is 12.3. The quantitative estimate of drug-likeness (QED) is 0.437. The Hall–Kier alpha value is -3.00. The summed E-state index contributed by atoms with van der Waals surface area (Å²) in [6.07, 6.45) is 0. The molecular formula is C22H27N5O2S. The van der Waals surface area contributed by atoms with Gasteiger partial charge in [0.1, 0.15) is 5.75 Å². The van der Waals surface area contributed by atoms with Crippen LogP contribution in [-0.2, 0) is 10.2 Å². The lowest BCUT2D eigenvalue weighted by Gasteiger charge is -2.19. The molecule has 8 heteroatoms. The third kappa shape index (κ3) is 5.33. The van der Waals surface area contributed by atoms with Crippen LogP contribution in [0.2, 0.25) is 0 Å². The van der Waals surface area contributed by atoms with Crippen LogP contribution < -0.4 is 15.9 Å². The van der Waals surface area contributed by atoms with E-state index in [2.05, 4.69) is 48.4 Å². The highest BCUT2D eigenvalue weighted by Crippen LogP contribution is 2.26. The van der Waals surface area contributed by atoms with E-state index in [0.29, 0.717) is 23.3 Å². The van der Waals surface area contributed by atoms with Gasteiger partial charge in [-0.15, -0.1) is 10.2 Å². The SMILES string of the molecule is CCOc1ccc(NC(=O)CSc2nnc(-c3ccc(C(C)(C)C)cc3)n2N)cc1. The Labute approximate surface area is 181 Å². The molecule has 0 unspecified atom stereocenters. The van der Waals surface area contributed by atoms with Crippen molar-refractivity contribution < 1.29 is 9.53 Å². The minimum Gasteiger partial charge on any atom is -0.494 e. The van der Waals surface area contributed by atoms with Crippen molar-refractivity contribution in [3.05, 3.63) is 54.1 Å². The van der Waals surface area contributed by atoms with E-state index < -0.39 is 0 Å². The summed E-state index contributed by atoms with van der Waals surface area (Å²) in [5.74, 6) is 7.52. The number of ether oxygens (including phenoxy) is 1. The predicted octanol–water partition coefficient (Wildman–Crippen LogP) is 4.09. The first-order valence-electron chi connectivity index (χ1n) is 9.75. The molecule has 1 amide bonds. The molecule has 3 N–H and O–H groups in total. The number of amides is 1. The van der Waals surface area contributed by atoms with Gasteiger partial charge in [-0.3, -0.25) is 4.79 Å². The van der Waals surface area contributed by atoms with Crippen molar-refractivity contribution in [3.63, 3.8) is 0 Å². The number of nitrogen functional groups attached to an aromatic ring is 1. The van der Waals surface area contributed by atoms with Crippen LogP contribution in [-0.4, -0.2) is 33.1 Å². The van der Waals surface area contributed by atoms with Crippen molar-refractivity contribution in [2.75, 3.05) is 23.5 Å². The Morgan fingerprint density at radius 1 is 1.10 bits per heavy atom. The molecule has 0 fully saturated rings. The molecule has 3 aromatic rings. The van der Waals surface area contributed by atoms with Crippen LogP contribution in [0.4, 0.5) is 5.69 Å². The molecule has 30 heavy (non-hydrogen) atoms. The summed E-state index contributed by atoms with van der Waals surface area (Å²) in [6.45, 7) is 9.03. The number of aromatic nitrogens is 3. The molecule has 158 valence electrons. The van der Waals surface area contributed by atoms with Crippen molar-refractivity contribution in [2.45, 2.75) is 38.3 Å². The van der Waals surface area contributed by atoms with Crippen LogP contribution in [0.25, 0.3) is 11.4 Å². The van der Waals surface area contributed by atoms with Gasteiger partial charge in [-0.2, -0.15) is 0 Å². The molecule has 0 saturated carbocycles. The van der Waals surface area contributed by atoms with E-state index in [1.54, 1.807) is 12.1 Å². The second-order valence-electron chi connectivity index (χ2n) is 7.80. The topological polar surface area (TPSA) is 95.1 Å². The molecule has 7 nitrogen and oxygen atoms in total. The van der Waals surface area contributed by atoms with E-state index in [1.807, 2.05) is 31.2 Å². The lowest BCUT2D eigenvalue weighted by atomic mass is 9.87. The van der Waals surface area contributed by atoms with Gasteiger partial charge in [0, 0.05) is 11.3 Å². The van der Waals surface area contributed by atoms with Crippen molar-refractivity contribution in [1.82, 2.24) is 14.9 Å². The number of nitrogens with one attached hydrogen (secondary N) is 1. The first-order valence-corrected chi connectivity index (χ1v) is 10.7. The normalized spacial score (nSPS) is 11.3. The van der Waals surface area contributed by atoms with Crippen LogP contribution in [0.5, 0.6) is 5.75 Å². The number of hydrogen-bond acceptors (Lipinski definition) is 6. The maximum Gasteiger partial charge on any atom is 0.234 e. The molecule has 1 heterocycles. The molecule has 0 aliphatic rings. The Morgan fingerprint density at radius 3 is 2.37 bits per heavy atom. The summed E-state index contributed by atoms with van der Waals surface area (Å²) in [4.78, 5) is 12.3. The highest BCUT2D eigenvalue weighted by atomic mass is 32.2. The first kappa shape index (κ1) is 21.7. The molecule has 2 aromatic carbocycles. The molecule has 0 radical (unpaired) electrons. The fraction of sp³-hybridized carbons (Fsp3) is 0.318. The monoisotopic (exact) mass is 425 g/mol. The van der Waals surface area contributed by atoms with E-state index in [-0.39, 0.29) is 17.1 Å². The number of nitrogens with two attached hydrogens (primary N) is 1. The van der Waals surface area contributed by atoms with Gasteiger partial charge in [0.25, 0.3) is 0 Å². The summed E-state index contributed by atoms with van der Waals surface area (Å²) < 4.78 is 6.81. The number of carbonyl (C=O) groups is 1. The van der Waals surface area contributed by atoms with E-state index in [4.69, 9.17) is 10.6 Å². The maximum atomic E-state index is 12.3. The summed E-state index contributed by atoms with van der Waals surface area (Å²) in [5.41, 5.74) is 2.89. The predicted molar refractivity (Wildman–Crippen MR) is 121 cm³/mol. The van der Waals surface area contributed by atoms with Crippen molar-refractivity contribution in [2.24, 2.45) is 0 Å². The van der Waals surface area contributed by atoms with Crippen LogP contribution in [0, 0.1) is 0 Å². The molecule has 0 bridgehead atoms. The number of carbonyl (C=O) groups excluding carboxylic acids is 1. The van der Waals surface area contributed by atoms with E-state index in [1.165, 1.54) is 22.0 Å². The van der Waals surface area contributed by atoms with Crippen LogP contribution in [0.3, 0.4) is 0 Å². The largest absolute Gasteiger partial charge is 0.494 e. The van der Waals surface area contributed by atoms with Gasteiger partial charge >= 0.3 is 0 Å². The molecule has 3 rings (SSSR count). The lowest BCUT2D eigenvalue weighted by molar-refractivity contribution is -0.113. The zero-order valence-electron chi connectivity index (χ0n) is 17.7. The van der Waals surface area contributed by atoms with E-state index in [0.717, 1.165) is 11.3 Å². The second-order valence-corrected chi connectivity index (χ2v) is 8.74. The number of rotatable bonds is 7. The molecule has 0 aliphatic heterocycles. The van der Waals surface area contributed by atoms with Crippen molar-refractivity contribution in [3.8, 4) is 17.1 Å². The average molecular weight is 426 g/mol. The number of hydrogen-bond donors (Lipinski definition) is 2. The van der Waals surface area contributed by atoms with Crippen molar-refractivity contribution >= 4 is 23.4 Å². The van der Waals surface area contributed by atoms with Crippen molar-refractivity contribution in [1.29, 1.82) is 0 Å². The molecule has 0 aliphatic carbocycles. The minimum atomic E-state index is -0.150. The highest BCUT2D eigenvalue weighted by molar-refractivity contribution is 7.99. The first-order chi connectivity index (χ1) is 14.3. The lowest BCUT2D eigenvalue weighted by Crippen LogP contribution is -2.16. The number of nitrogens with zero attached hydrogens (tertiary/aromatic N) is 3. The van der Waals surface area contributed by atoms with Gasteiger partial charge in [-0.25, -0.2) is 4.68 Å². The third-order valence-corrected chi connectivity index (χ3v) is 5.40. The van der Waals surface area contributed by atoms with E-state index in [9.17, 15) is 4.79 Å². The molecule has 1 aromatic heterocycles. The summed E-state index contributed by atoms with van der Waals surface area (Å²) in [6, 6.07) is 15.4. The second kappa shape index (κ2) is 9.21. The van der Waals surface area contributed by atoms with Crippen LogP contribution in [0.1, 0.15) is 33.3 Å². The highest BCUT2D eigenvalue weighted by Gasteiger charge is 2.16. The summed E-state index contributed by atoms with van der Waals surface area (Å²) in [7, 11) is 0. The average Bonchev–Trinajstić information content (AvgIpc) is 3.08. The van der Waals surface area contributed by atoms with Crippen LogP contribution >= 0.6 is 11.8 Å². The van der Waals surface area contributed by atoms with Gasteiger partial charge in [0.2, 0.25) is 11.1 Å². The Balaban J connectivity index is 1.60. The zero-order chi connectivity index (χ0) is 21.7. The Morgan fingerprint density at radius 2 is 1.77 bits per heavy atom. The fourth-order valence-electron chi connectivity index (χ4n) is 2.82. The minimum absolute atomic E-state index is 0.0760. The van der Waals surface area contributed by atoms with Gasteiger partial charge in [-0.1, -0.05) is 56.8 Å². The van der Waals surface area contributed by atoms with E-state index >= 15 is 0 Å². The Kier molecular flexibility index (Phi) is 6.66. The number of anilines is 1. The fourth-order valence-corrected chi connectivity index (χ4v) is 3.48. The van der Waals surface area contributed by atoms with Gasteiger partial charge in [-0.05, 0) is 42.2 Å². The van der Waals surface area contributed by atoms with Gasteiger partial charge < -0.3 is 15.9 Å². The molecule has 0 atom stereocenters. The number of benzene rings is 2.